The summed E-state index contributed by atoms with van der Waals surface area (Å²) in [6.45, 7) is 8.43. The SMILES string of the molecule is Cn1cnc2cc3c(cc21)C[C@@H]1NCC[C@]3(C)C1(C)C. The van der Waals surface area contributed by atoms with Crippen LogP contribution in [0.1, 0.15) is 38.3 Å². The van der Waals surface area contributed by atoms with E-state index >= 15 is 0 Å². The molecular weight excluding hydrogens is 246 g/mol. The average molecular weight is 269 g/mol. The summed E-state index contributed by atoms with van der Waals surface area (Å²) in [7, 11) is 2.08. The second kappa shape index (κ2) is 3.64. The zero-order valence-electron chi connectivity index (χ0n) is 12.8. The Morgan fingerprint density at radius 2 is 2.10 bits per heavy atom. The average Bonchev–Trinajstić information content (AvgIpc) is 2.74. The van der Waals surface area contributed by atoms with Crippen LogP contribution in [-0.4, -0.2) is 22.1 Å². The van der Waals surface area contributed by atoms with E-state index < -0.39 is 0 Å². The molecule has 0 spiro atoms. The first kappa shape index (κ1) is 12.4. The molecule has 0 saturated carbocycles. The van der Waals surface area contributed by atoms with Gasteiger partial charge in [0.25, 0.3) is 0 Å². The van der Waals surface area contributed by atoms with Gasteiger partial charge < -0.3 is 9.88 Å². The van der Waals surface area contributed by atoms with E-state index in [4.69, 9.17) is 0 Å². The number of imidazole rings is 1. The lowest BCUT2D eigenvalue weighted by Crippen LogP contribution is -2.62. The van der Waals surface area contributed by atoms with Gasteiger partial charge in [-0.2, -0.15) is 0 Å². The topological polar surface area (TPSA) is 29.9 Å². The summed E-state index contributed by atoms with van der Waals surface area (Å²) in [4.78, 5) is 4.56. The summed E-state index contributed by atoms with van der Waals surface area (Å²) in [6, 6.07) is 5.30. The fourth-order valence-electron chi connectivity index (χ4n) is 4.39. The Labute approximate surface area is 120 Å². The van der Waals surface area contributed by atoms with Gasteiger partial charge in [-0.25, -0.2) is 4.98 Å². The van der Waals surface area contributed by atoms with Crippen molar-refractivity contribution in [2.75, 3.05) is 6.54 Å². The zero-order chi connectivity index (χ0) is 14.1. The van der Waals surface area contributed by atoms with Crippen molar-refractivity contribution in [3.8, 4) is 0 Å². The number of nitrogens with one attached hydrogen (secondary N) is 1. The molecule has 1 saturated heterocycles. The number of hydrogen-bond donors (Lipinski definition) is 1. The Kier molecular flexibility index (Phi) is 2.26. The maximum absolute atomic E-state index is 4.56. The summed E-state index contributed by atoms with van der Waals surface area (Å²) in [5, 5.41) is 3.74. The van der Waals surface area contributed by atoms with Gasteiger partial charge >= 0.3 is 0 Å². The third-order valence-electron chi connectivity index (χ3n) is 6.28. The molecule has 1 aromatic heterocycles. The molecule has 2 aliphatic rings. The Balaban J connectivity index is 2.02. The fourth-order valence-corrected chi connectivity index (χ4v) is 4.39. The molecule has 3 nitrogen and oxygen atoms in total. The van der Waals surface area contributed by atoms with Crippen LogP contribution in [0.25, 0.3) is 11.0 Å². The highest BCUT2D eigenvalue weighted by Gasteiger charge is 2.53. The van der Waals surface area contributed by atoms with E-state index in [2.05, 4.69) is 54.8 Å². The first-order chi connectivity index (χ1) is 9.43. The Hall–Kier alpha value is -1.35. The molecule has 2 heterocycles. The minimum absolute atomic E-state index is 0.252. The van der Waals surface area contributed by atoms with Crippen molar-refractivity contribution in [1.29, 1.82) is 0 Å². The number of aryl methyl sites for hydroxylation is 1. The maximum atomic E-state index is 4.56. The number of benzene rings is 1. The van der Waals surface area contributed by atoms with Crippen LogP contribution < -0.4 is 5.32 Å². The number of fused-ring (bicyclic) bond motifs is 5. The highest BCUT2D eigenvalue weighted by atomic mass is 15.0. The molecule has 0 amide bonds. The third-order valence-corrected chi connectivity index (χ3v) is 6.28. The van der Waals surface area contributed by atoms with Gasteiger partial charge in [-0.3, -0.25) is 0 Å². The highest BCUT2D eigenvalue weighted by Crippen LogP contribution is 2.54. The van der Waals surface area contributed by atoms with E-state index in [1.165, 1.54) is 23.1 Å². The van der Waals surface area contributed by atoms with Crippen molar-refractivity contribution in [1.82, 2.24) is 14.9 Å². The predicted molar refractivity (Wildman–Crippen MR) is 82.0 cm³/mol. The van der Waals surface area contributed by atoms with Crippen molar-refractivity contribution >= 4 is 11.0 Å². The minimum atomic E-state index is 0.252. The second-order valence-corrected chi connectivity index (χ2v) is 7.37. The van der Waals surface area contributed by atoms with Gasteiger partial charge in [0, 0.05) is 18.5 Å². The summed E-state index contributed by atoms with van der Waals surface area (Å²) in [5.74, 6) is 0. The molecule has 106 valence electrons. The lowest BCUT2D eigenvalue weighted by molar-refractivity contribution is 0.0561. The van der Waals surface area contributed by atoms with Crippen LogP contribution in [0.3, 0.4) is 0 Å². The van der Waals surface area contributed by atoms with Crippen LogP contribution in [0.5, 0.6) is 0 Å². The van der Waals surface area contributed by atoms with E-state index in [0.717, 1.165) is 18.5 Å². The first-order valence-corrected chi connectivity index (χ1v) is 7.61. The van der Waals surface area contributed by atoms with Crippen molar-refractivity contribution < 1.29 is 0 Å². The standard InChI is InChI=1S/C17H23N3/c1-16(2)15-8-11-7-14-13(19-10-20(14)4)9-12(11)17(16,3)5-6-18-15/h7,9-10,15,18H,5-6,8H2,1-4H3/t15-,17-/m0/s1. The van der Waals surface area contributed by atoms with Gasteiger partial charge in [-0.15, -0.1) is 0 Å². The van der Waals surface area contributed by atoms with E-state index in [1.807, 2.05) is 6.33 Å². The molecule has 0 radical (unpaired) electrons. The molecule has 3 heteroatoms. The van der Waals surface area contributed by atoms with Crippen LogP contribution in [0.2, 0.25) is 0 Å². The van der Waals surface area contributed by atoms with Gasteiger partial charge in [-0.1, -0.05) is 20.8 Å². The number of rotatable bonds is 0. The molecule has 4 rings (SSSR count). The summed E-state index contributed by atoms with van der Waals surface area (Å²) < 4.78 is 2.13. The van der Waals surface area contributed by atoms with Gasteiger partial charge in [0.2, 0.25) is 0 Å². The molecule has 20 heavy (non-hydrogen) atoms. The van der Waals surface area contributed by atoms with Crippen molar-refractivity contribution in [3.63, 3.8) is 0 Å². The van der Waals surface area contributed by atoms with E-state index in [0.29, 0.717) is 11.5 Å². The molecule has 0 unspecified atom stereocenters. The molecule has 1 aliphatic heterocycles. The molecule has 1 fully saturated rings. The normalized spacial score (nSPS) is 31.3. The van der Waals surface area contributed by atoms with Gasteiger partial charge in [0.05, 0.1) is 17.4 Å². The predicted octanol–water partition coefficient (Wildman–Crippen LogP) is 2.78. The van der Waals surface area contributed by atoms with Crippen LogP contribution in [0.4, 0.5) is 0 Å². The number of nitrogens with zero attached hydrogens (tertiary/aromatic N) is 2. The third kappa shape index (κ3) is 1.32. The van der Waals surface area contributed by atoms with Gasteiger partial charge in [0.15, 0.2) is 0 Å². The number of piperidine rings is 1. The molecular formula is C17H23N3. The summed E-state index contributed by atoms with van der Waals surface area (Å²) in [5.41, 5.74) is 5.99. The monoisotopic (exact) mass is 269 g/mol. The largest absolute Gasteiger partial charge is 0.334 e. The first-order valence-electron chi connectivity index (χ1n) is 7.61. The molecule has 2 atom stereocenters. The number of aromatic nitrogens is 2. The zero-order valence-corrected chi connectivity index (χ0v) is 12.8. The maximum Gasteiger partial charge on any atom is 0.0955 e. The van der Waals surface area contributed by atoms with E-state index in [1.54, 1.807) is 0 Å². The van der Waals surface area contributed by atoms with Crippen LogP contribution >= 0.6 is 0 Å². The van der Waals surface area contributed by atoms with Crippen LogP contribution in [0, 0.1) is 5.41 Å². The molecule has 1 aromatic carbocycles. The number of hydrogen-bond acceptors (Lipinski definition) is 2. The van der Waals surface area contributed by atoms with Gasteiger partial charge in [0.1, 0.15) is 0 Å². The lowest BCUT2D eigenvalue weighted by atomic mass is 9.51. The van der Waals surface area contributed by atoms with Gasteiger partial charge in [-0.05, 0) is 48.1 Å². The molecule has 1 aliphatic carbocycles. The molecule has 1 N–H and O–H groups in total. The van der Waals surface area contributed by atoms with Crippen molar-refractivity contribution in [3.05, 3.63) is 29.6 Å². The summed E-state index contributed by atoms with van der Waals surface area (Å²) >= 11 is 0. The highest BCUT2D eigenvalue weighted by molar-refractivity contribution is 5.78. The second-order valence-electron chi connectivity index (χ2n) is 7.37. The van der Waals surface area contributed by atoms with Crippen LogP contribution in [-0.2, 0) is 18.9 Å². The molecule has 2 bridgehead atoms. The smallest absolute Gasteiger partial charge is 0.0955 e. The van der Waals surface area contributed by atoms with Crippen molar-refractivity contribution in [2.45, 2.75) is 45.1 Å². The van der Waals surface area contributed by atoms with E-state index in [-0.39, 0.29) is 5.41 Å². The summed E-state index contributed by atoms with van der Waals surface area (Å²) in [6.07, 6.45) is 4.27. The van der Waals surface area contributed by atoms with Crippen LogP contribution in [0.15, 0.2) is 18.5 Å². The Morgan fingerprint density at radius 1 is 1.30 bits per heavy atom. The quantitative estimate of drug-likeness (QED) is 0.797. The van der Waals surface area contributed by atoms with E-state index in [9.17, 15) is 0 Å². The Bertz CT molecular complexity index is 698. The lowest BCUT2D eigenvalue weighted by Gasteiger charge is -2.57. The molecule has 2 aromatic rings. The Morgan fingerprint density at radius 3 is 2.90 bits per heavy atom. The van der Waals surface area contributed by atoms with Crippen molar-refractivity contribution in [2.24, 2.45) is 12.5 Å². The minimum Gasteiger partial charge on any atom is -0.334 e. The fraction of sp³-hybridized carbons (Fsp3) is 0.588.